The van der Waals surface area contributed by atoms with Gasteiger partial charge in [0.05, 0.1) is 13.7 Å². The van der Waals surface area contributed by atoms with E-state index in [-0.39, 0.29) is 12.5 Å². The van der Waals surface area contributed by atoms with E-state index in [1.54, 1.807) is 43.5 Å². The standard InChI is InChI=1S/C15H15ClN2O2/c1-20-14-7-5-12(6-8-14)18-15(19)10-17-13-4-2-3-11(16)9-13/h2-9,17H,10H2,1H3,(H,18,19). The lowest BCUT2D eigenvalue weighted by molar-refractivity contribution is -0.114. The summed E-state index contributed by atoms with van der Waals surface area (Å²) in [6, 6.07) is 14.4. The van der Waals surface area contributed by atoms with Crippen LogP contribution in [0.5, 0.6) is 5.75 Å². The Kier molecular flexibility index (Phi) is 4.85. The number of benzene rings is 2. The average Bonchev–Trinajstić information content (AvgIpc) is 2.46. The average molecular weight is 291 g/mol. The normalized spacial score (nSPS) is 9.90. The summed E-state index contributed by atoms with van der Waals surface area (Å²) in [5.74, 6) is 0.621. The van der Waals surface area contributed by atoms with Crippen LogP contribution in [-0.4, -0.2) is 19.6 Å². The highest BCUT2D eigenvalue weighted by Gasteiger charge is 2.02. The van der Waals surface area contributed by atoms with Crippen LogP contribution in [0.4, 0.5) is 11.4 Å². The molecule has 0 atom stereocenters. The first kappa shape index (κ1) is 14.2. The van der Waals surface area contributed by atoms with E-state index in [0.717, 1.165) is 17.1 Å². The van der Waals surface area contributed by atoms with Gasteiger partial charge in [-0.1, -0.05) is 17.7 Å². The number of ether oxygens (including phenoxy) is 1. The molecule has 0 radical (unpaired) electrons. The first-order valence-electron chi connectivity index (χ1n) is 6.11. The topological polar surface area (TPSA) is 50.4 Å². The second-order valence-corrected chi connectivity index (χ2v) is 4.58. The molecular weight excluding hydrogens is 276 g/mol. The lowest BCUT2D eigenvalue weighted by Gasteiger charge is -2.08. The number of carbonyl (C=O) groups excluding carboxylic acids is 1. The Morgan fingerprint density at radius 3 is 2.55 bits per heavy atom. The third-order valence-electron chi connectivity index (χ3n) is 2.65. The van der Waals surface area contributed by atoms with Crippen LogP contribution >= 0.6 is 11.6 Å². The third-order valence-corrected chi connectivity index (χ3v) is 2.89. The maximum Gasteiger partial charge on any atom is 0.243 e. The van der Waals surface area contributed by atoms with E-state index in [0.29, 0.717) is 5.02 Å². The summed E-state index contributed by atoms with van der Waals surface area (Å²) in [5, 5.41) is 6.43. The molecule has 4 nitrogen and oxygen atoms in total. The molecule has 104 valence electrons. The smallest absolute Gasteiger partial charge is 0.243 e. The van der Waals surface area contributed by atoms with Crippen LogP contribution in [-0.2, 0) is 4.79 Å². The summed E-state index contributed by atoms with van der Waals surface area (Å²) >= 11 is 5.87. The summed E-state index contributed by atoms with van der Waals surface area (Å²) in [5.41, 5.74) is 1.53. The molecule has 0 fully saturated rings. The number of hydrogen-bond acceptors (Lipinski definition) is 3. The fraction of sp³-hybridized carbons (Fsp3) is 0.133. The second-order valence-electron chi connectivity index (χ2n) is 4.14. The van der Waals surface area contributed by atoms with Gasteiger partial charge in [0, 0.05) is 16.4 Å². The van der Waals surface area contributed by atoms with Crippen LogP contribution in [0.1, 0.15) is 0 Å². The second kappa shape index (κ2) is 6.82. The van der Waals surface area contributed by atoms with Gasteiger partial charge in [0.15, 0.2) is 0 Å². The van der Waals surface area contributed by atoms with E-state index in [9.17, 15) is 4.79 Å². The van der Waals surface area contributed by atoms with Crippen LogP contribution in [0.3, 0.4) is 0 Å². The number of nitrogens with one attached hydrogen (secondary N) is 2. The van der Waals surface area contributed by atoms with Crippen molar-refractivity contribution < 1.29 is 9.53 Å². The van der Waals surface area contributed by atoms with Gasteiger partial charge in [-0.3, -0.25) is 4.79 Å². The lowest BCUT2D eigenvalue weighted by atomic mass is 10.3. The summed E-state index contributed by atoms with van der Waals surface area (Å²) in [4.78, 5) is 11.8. The maximum atomic E-state index is 11.8. The SMILES string of the molecule is COc1ccc(NC(=O)CNc2cccc(Cl)c2)cc1. The van der Waals surface area contributed by atoms with Gasteiger partial charge in [-0.2, -0.15) is 0 Å². The fourth-order valence-corrected chi connectivity index (χ4v) is 1.85. The third kappa shape index (κ3) is 4.17. The summed E-state index contributed by atoms with van der Waals surface area (Å²) in [6.45, 7) is 0.173. The highest BCUT2D eigenvalue weighted by atomic mass is 35.5. The number of carbonyl (C=O) groups is 1. The van der Waals surface area contributed by atoms with Gasteiger partial charge in [0.1, 0.15) is 5.75 Å². The minimum Gasteiger partial charge on any atom is -0.497 e. The van der Waals surface area contributed by atoms with Gasteiger partial charge in [-0.05, 0) is 42.5 Å². The molecule has 0 spiro atoms. The van der Waals surface area contributed by atoms with Crippen molar-refractivity contribution in [2.75, 3.05) is 24.3 Å². The van der Waals surface area contributed by atoms with Gasteiger partial charge in [0.25, 0.3) is 0 Å². The number of amides is 1. The first-order chi connectivity index (χ1) is 9.67. The van der Waals surface area contributed by atoms with Crippen LogP contribution < -0.4 is 15.4 Å². The molecule has 0 saturated carbocycles. The highest BCUT2D eigenvalue weighted by molar-refractivity contribution is 6.30. The Balaban J connectivity index is 1.85. The molecule has 0 heterocycles. The molecule has 0 unspecified atom stereocenters. The Labute approximate surface area is 122 Å². The zero-order valence-corrected chi connectivity index (χ0v) is 11.8. The molecule has 0 aliphatic heterocycles. The first-order valence-corrected chi connectivity index (χ1v) is 6.48. The van der Waals surface area contributed by atoms with E-state index in [4.69, 9.17) is 16.3 Å². The Bertz CT molecular complexity index is 585. The minimum absolute atomic E-state index is 0.129. The zero-order chi connectivity index (χ0) is 14.4. The monoisotopic (exact) mass is 290 g/mol. The van der Waals surface area contributed by atoms with E-state index >= 15 is 0 Å². The van der Waals surface area contributed by atoms with Crippen molar-refractivity contribution in [3.8, 4) is 5.75 Å². The van der Waals surface area contributed by atoms with Crippen LogP contribution in [0, 0.1) is 0 Å². The number of halogens is 1. The van der Waals surface area contributed by atoms with Crippen LogP contribution in [0.25, 0.3) is 0 Å². The Hall–Kier alpha value is -2.20. The van der Waals surface area contributed by atoms with Crippen LogP contribution in [0.15, 0.2) is 48.5 Å². The predicted molar refractivity (Wildman–Crippen MR) is 81.6 cm³/mol. The highest BCUT2D eigenvalue weighted by Crippen LogP contribution is 2.16. The molecule has 2 aromatic carbocycles. The van der Waals surface area contributed by atoms with Crippen molar-refractivity contribution in [3.63, 3.8) is 0 Å². The quantitative estimate of drug-likeness (QED) is 0.887. The van der Waals surface area contributed by atoms with Crippen molar-refractivity contribution in [2.45, 2.75) is 0 Å². The summed E-state index contributed by atoms with van der Waals surface area (Å²) in [7, 11) is 1.60. The van der Waals surface area contributed by atoms with E-state index in [1.807, 2.05) is 12.1 Å². The number of methoxy groups -OCH3 is 1. The number of hydrogen-bond donors (Lipinski definition) is 2. The molecule has 0 aromatic heterocycles. The summed E-state index contributed by atoms with van der Waals surface area (Å²) in [6.07, 6.45) is 0. The van der Waals surface area contributed by atoms with Gasteiger partial charge < -0.3 is 15.4 Å². The molecule has 0 aliphatic rings. The largest absolute Gasteiger partial charge is 0.497 e. The Morgan fingerprint density at radius 1 is 1.15 bits per heavy atom. The molecule has 2 rings (SSSR count). The molecule has 2 N–H and O–H groups in total. The summed E-state index contributed by atoms with van der Waals surface area (Å²) < 4.78 is 5.05. The van der Waals surface area contributed by atoms with Crippen molar-refractivity contribution in [3.05, 3.63) is 53.6 Å². The molecular formula is C15H15ClN2O2. The van der Waals surface area contributed by atoms with Crippen LogP contribution in [0.2, 0.25) is 5.02 Å². The van der Waals surface area contributed by atoms with Gasteiger partial charge in [-0.25, -0.2) is 0 Å². The molecule has 2 aromatic rings. The molecule has 20 heavy (non-hydrogen) atoms. The minimum atomic E-state index is -0.129. The fourth-order valence-electron chi connectivity index (χ4n) is 1.66. The molecule has 5 heteroatoms. The van der Waals surface area contributed by atoms with Crippen molar-refractivity contribution in [1.82, 2.24) is 0 Å². The molecule has 1 amide bonds. The molecule has 0 saturated heterocycles. The van der Waals surface area contributed by atoms with Gasteiger partial charge >= 0.3 is 0 Å². The van der Waals surface area contributed by atoms with E-state index in [2.05, 4.69) is 10.6 Å². The molecule has 0 bridgehead atoms. The lowest BCUT2D eigenvalue weighted by Crippen LogP contribution is -2.21. The zero-order valence-electron chi connectivity index (χ0n) is 11.0. The number of anilines is 2. The van der Waals surface area contributed by atoms with Gasteiger partial charge in [0.2, 0.25) is 5.91 Å². The maximum absolute atomic E-state index is 11.8. The van der Waals surface area contributed by atoms with E-state index in [1.165, 1.54) is 0 Å². The molecule has 0 aliphatic carbocycles. The van der Waals surface area contributed by atoms with Crippen molar-refractivity contribution in [2.24, 2.45) is 0 Å². The Morgan fingerprint density at radius 2 is 1.90 bits per heavy atom. The number of rotatable bonds is 5. The predicted octanol–water partition coefficient (Wildman–Crippen LogP) is 3.40. The van der Waals surface area contributed by atoms with Crippen molar-refractivity contribution in [1.29, 1.82) is 0 Å². The van der Waals surface area contributed by atoms with Gasteiger partial charge in [-0.15, -0.1) is 0 Å². The van der Waals surface area contributed by atoms with E-state index < -0.39 is 0 Å². The van der Waals surface area contributed by atoms with Crippen molar-refractivity contribution >= 4 is 28.9 Å².